The van der Waals surface area contributed by atoms with E-state index in [0.29, 0.717) is 43.2 Å². The summed E-state index contributed by atoms with van der Waals surface area (Å²) in [5.41, 5.74) is 3.23. The Morgan fingerprint density at radius 1 is 0.921 bits per heavy atom. The number of nitrogens with zero attached hydrogens (tertiary/aromatic N) is 5. The quantitative estimate of drug-likeness (QED) is 0.454. The van der Waals surface area contributed by atoms with E-state index in [1.807, 2.05) is 66.4 Å². The van der Waals surface area contributed by atoms with Crippen molar-refractivity contribution in [2.24, 2.45) is 0 Å². The maximum absolute atomic E-state index is 13.2. The molecular weight excluding hydrogens is 482 g/mol. The van der Waals surface area contributed by atoms with Crippen LogP contribution in [0.1, 0.15) is 28.8 Å². The number of anilines is 1. The summed E-state index contributed by atoms with van der Waals surface area (Å²) in [5.74, 6) is 2.01. The van der Waals surface area contributed by atoms with Crippen LogP contribution in [0.5, 0.6) is 11.5 Å². The van der Waals surface area contributed by atoms with Crippen LogP contribution in [0.3, 0.4) is 0 Å². The summed E-state index contributed by atoms with van der Waals surface area (Å²) in [6, 6.07) is 17.3. The summed E-state index contributed by atoms with van der Waals surface area (Å²) in [6.07, 6.45) is 1.91. The molecule has 1 aromatic heterocycles. The maximum atomic E-state index is 13.2. The molecule has 0 N–H and O–H groups in total. The zero-order valence-electron chi connectivity index (χ0n) is 22.1. The van der Waals surface area contributed by atoms with Gasteiger partial charge in [0.05, 0.1) is 19.9 Å². The number of rotatable bonds is 8. The van der Waals surface area contributed by atoms with Crippen molar-refractivity contribution >= 4 is 17.6 Å². The highest BCUT2D eigenvalue weighted by Crippen LogP contribution is 2.32. The van der Waals surface area contributed by atoms with E-state index in [4.69, 9.17) is 9.47 Å². The van der Waals surface area contributed by atoms with E-state index < -0.39 is 0 Å². The van der Waals surface area contributed by atoms with Gasteiger partial charge in [0.1, 0.15) is 6.54 Å². The molecule has 38 heavy (non-hydrogen) atoms. The first-order valence-electron chi connectivity index (χ1n) is 12.9. The van der Waals surface area contributed by atoms with Crippen LogP contribution in [-0.2, 0) is 4.79 Å². The molecule has 3 aromatic rings. The first-order chi connectivity index (χ1) is 18.5. The number of benzene rings is 2. The predicted molar refractivity (Wildman–Crippen MR) is 145 cm³/mol. The van der Waals surface area contributed by atoms with Crippen LogP contribution in [0.4, 0.5) is 5.82 Å². The number of carbonyl (C=O) groups is 2. The summed E-state index contributed by atoms with van der Waals surface area (Å²) >= 11 is 0. The fourth-order valence-corrected chi connectivity index (χ4v) is 4.79. The summed E-state index contributed by atoms with van der Waals surface area (Å²) in [4.78, 5) is 32.1. The second kappa shape index (κ2) is 11.1. The Labute approximate surface area is 223 Å². The van der Waals surface area contributed by atoms with Crippen molar-refractivity contribution in [3.8, 4) is 22.8 Å². The summed E-state index contributed by atoms with van der Waals surface area (Å²) in [6.45, 7) is 4.53. The summed E-state index contributed by atoms with van der Waals surface area (Å²) in [7, 11) is 3.21. The molecule has 1 aliphatic carbocycles. The maximum Gasteiger partial charge on any atom is 0.254 e. The fraction of sp³-hybridized carbons (Fsp3) is 0.379. The van der Waals surface area contributed by atoms with Gasteiger partial charge in [0, 0.05) is 43.3 Å². The first-order valence-corrected chi connectivity index (χ1v) is 12.9. The van der Waals surface area contributed by atoms with Crippen molar-refractivity contribution < 1.29 is 19.1 Å². The minimum Gasteiger partial charge on any atom is -0.493 e. The van der Waals surface area contributed by atoms with Crippen molar-refractivity contribution in [2.45, 2.75) is 25.8 Å². The number of piperazine rings is 1. The average Bonchev–Trinajstić information content (AvgIpc) is 3.81. The Bertz CT molecular complexity index is 1300. The monoisotopic (exact) mass is 515 g/mol. The standard InChI is InChI=1S/C29H33N5O4/c1-20-6-4-5-7-23(20)29(36)34(22-9-10-22)19-28(35)33-16-14-32(15-17-33)27-13-11-24(30-31-27)21-8-12-25(37-2)26(18-21)38-3/h4-8,11-13,18,22H,9-10,14-17,19H2,1-3H3. The Morgan fingerprint density at radius 2 is 1.66 bits per heavy atom. The van der Waals surface area contributed by atoms with E-state index in [9.17, 15) is 9.59 Å². The van der Waals surface area contributed by atoms with Crippen LogP contribution in [0.15, 0.2) is 54.6 Å². The second-order valence-corrected chi connectivity index (χ2v) is 9.69. The van der Waals surface area contributed by atoms with E-state index in [1.165, 1.54) is 0 Å². The number of aromatic nitrogens is 2. The van der Waals surface area contributed by atoms with Gasteiger partial charge in [-0.25, -0.2) is 0 Å². The van der Waals surface area contributed by atoms with Crippen LogP contribution in [0.2, 0.25) is 0 Å². The number of methoxy groups -OCH3 is 2. The van der Waals surface area contributed by atoms with E-state index in [0.717, 1.165) is 35.5 Å². The van der Waals surface area contributed by atoms with E-state index in [2.05, 4.69) is 15.1 Å². The van der Waals surface area contributed by atoms with Gasteiger partial charge >= 0.3 is 0 Å². The third kappa shape index (κ3) is 5.41. The molecular formula is C29H33N5O4. The van der Waals surface area contributed by atoms with E-state index in [-0.39, 0.29) is 24.4 Å². The lowest BCUT2D eigenvalue weighted by molar-refractivity contribution is -0.132. The predicted octanol–water partition coefficient (Wildman–Crippen LogP) is 3.42. The SMILES string of the molecule is COc1ccc(-c2ccc(N3CCN(C(=O)CN(C(=O)c4ccccc4C)C4CC4)CC3)nn2)cc1OC. The average molecular weight is 516 g/mol. The zero-order valence-corrected chi connectivity index (χ0v) is 22.1. The van der Waals surface area contributed by atoms with Crippen LogP contribution in [-0.4, -0.2) is 84.8 Å². The minimum absolute atomic E-state index is 0.00614. The number of ether oxygens (including phenoxy) is 2. The van der Waals surface area contributed by atoms with Gasteiger partial charge in [0.25, 0.3) is 5.91 Å². The molecule has 9 heteroatoms. The van der Waals surface area contributed by atoms with Crippen molar-refractivity contribution in [3.63, 3.8) is 0 Å². The number of carbonyl (C=O) groups excluding carboxylic acids is 2. The van der Waals surface area contributed by atoms with Gasteiger partial charge in [-0.2, -0.15) is 0 Å². The molecule has 0 bridgehead atoms. The molecule has 1 saturated heterocycles. The van der Waals surface area contributed by atoms with Crippen molar-refractivity contribution in [1.29, 1.82) is 0 Å². The Hall–Kier alpha value is -4.14. The molecule has 0 atom stereocenters. The topological polar surface area (TPSA) is 88.1 Å². The van der Waals surface area contributed by atoms with Gasteiger partial charge in [-0.3, -0.25) is 9.59 Å². The first kappa shape index (κ1) is 25.5. The fourth-order valence-electron chi connectivity index (χ4n) is 4.79. The smallest absolute Gasteiger partial charge is 0.254 e. The zero-order chi connectivity index (χ0) is 26.6. The molecule has 0 unspecified atom stereocenters. The highest BCUT2D eigenvalue weighted by Gasteiger charge is 2.36. The Balaban J connectivity index is 1.19. The van der Waals surface area contributed by atoms with Gasteiger partial charge in [-0.1, -0.05) is 18.2 Å². The molecule has 198 valence electrons. The highest BCUT2D eigenvalue weighted by atomic mass is 16.5. The van der Waals surface area contributed by atoms with Crippen molar-refractivity contribution in [3.05, 3.63) is 65.7 Å². The molecule has 1 saturated carbocycles. The minimum atomic E-state index is -0.0533. The van der Waals surface area contributed by atoms with Gasteiger partial charge in [-0.15, -0.1) is 10.2 Å². The van der Waals surface area contributed by atoms with Crippen LogP contribution in [0, 0.1) is 6.92 Å². The molecule has 1 aliphatic heterocycles. The number of aryl methyl sites for hydroxylation is 1. The van der Waals surface area contributed by atoms with Crippen molar-refractivity contribution in [1.82, 2.24) is 20.0 Å². The molecule has 2 heterocycles. The molecule has 0 radical (unpaired) electrons. The van der Waals surface area contributed by atoms with Gasteiger partial charge in [0.2, 0.25) is 5.91 Å². The van der Waals surface area contributed by atoms with Gasteiger partial charge in [0.15, 0.2) is 17.3 Å². The highest BCUT2D eigenvalue weighted by molar-refractivity contribution is 5.98. The molecule has 5 rings (SSSR count). The third-order valence-corrected chi connectivity index (χ3v) is 7.22. The number of hydrogen-bond acceptors (Lipinski definition) is 7. The largest absolute Gasteiger partial charge is 0.493 e. The lowest BCUT2D eigenvalue weighted by atomic mass is 10.1. The second-order valence-electron chi connectivity index (χ2n) is 9.69. The van der Waals surface area contributed by atoms with Gasteiger partial charge < -0.3 is 24.2 Å². The van der Waals surface area contributed by atoms with E-state index >= 15 is 0 Å². The normalized spacial score (nSPS) is 15.2. The molecule has 2 aliphatic rings. The summed E-state index contributed by atoms with van der Waals surface area (Å²) < 4.78 is 10.7. The lowest BCUT2D eigenvalue weighted by Gasteiger charge is -2.36. The number of hydrogen-bond donors (Lipinski definition) is 0. The summed E-state index contributed by atoms with van der Waals surface area (Å²) in [5, 5.41) is 8.86. The Kier molecular flexibility index (Phi) is 7.44. The van der Waals surface area contributed by atoms with Crippen LogP contribution < -0.4 is 14.4 Å². The Morgan fingerprint density at radius 3 is 2.29 bits per heavy atom. The van der Waals surface area contributed by atoms with E-state index in [1.54, 1.807) is 19.1 Å². The van der Waals surface area contributed by atoms with Crippen LogP contribution in [0.25, 0.3) is 11.3 Å². The van der Waals surface area contributed by atoms with Crippen molar-refractivity contribution in [2.75, 3.05) is 51.8 Å². The molecule has 0 spiro atoms. The van der Waals surface area contributed by atoms with Crippen LogP contribution >= 0.6 is 0 Å². The molecule has 2 amide bonds. The van der Waals surface area contributed by atoms with Gasteiger partial charge in [-0.05, 0) is 61.7 Å². The third-order valence-electron chi connectivity index (χ3n) is 7.22. The molecule has 2 aromatic carbocycles. The number of amides is 2. The lowest BCUT2D eigenvalue weighted by Crippen LogP contribution is -2.52. The molecule has 2 fully saturated rings. The molecule has 9 nitrogen and oxygen atoms in total.